The van der Waals surface area contributed by atoms with Gasteiger partial charge in [-0.15, -0.1) is 35.7 Å². The average Bonchev–Trinajstić information content (AvgIpc) is 3.48. The number of ether oxygens (including phenoxy) is 1. The molecule has 7 aromatic rings. The van der Waals surface area contributed by atoms with Crippen LogP contribution in [0.4, 0.5) is 0 Å². The summed E-state index contributed by atoms with van der Waals surface area (Å²) in [5.74, 6) is 2.04. The maximum atomic E-state index is 6.24. The summed E-state index contributed by atoms with van der Waals surface area (Å²) in [6.07, 6.45) is 3.66. The molecule has 0 aliphatic carbocycles. The fourth-order valence-electron chi connectivity index (χ4n) is 4.56. The Labute approximate surface area is 221 Å². The second-order valence-corrected chi connectivity index (χ2v) is 8.24. The molecule has 6 heteroatoms. The zero-order chi connectivity index (χ0) is 23.2. The first kappa shape index (κ1) is 22.3. The van der Waals surface area contributed by atoms with Crippen molar-refractivity contribution < 1.29 is 25.8 Å². The molecule has 4 aromatic carbocycles. The zero-order valence-corrected chi connectivity index (χ0v) is 21.2. The van der Waals surface area contributed by atoms with Gasteiger partial charge in [0.2, 0.25) is 0 Å². The summed E-state index contributed by atoms with van der Waals surface area (Å²) in [5, 5.41) is 7.86. The molecule has 0 saturated carbocycles. The van der Waals surface area contributed by atoms with Gasteiger partial charge in [-0.2, -0.15) is 17.2 Å². The summed E-state index contributed by atoms with van der Waals surface area (Å²) in [7, 11) is 0. The van der Waals surface area contributed by atoms with Crippen molar-refractivity contribution in [2.45, 2.75) is 0 Å². The summed E-state index contributed by atoms with van der Waals surface area (Å²) < 4.78 is 10.2. The van der Waals surface area contributed by atoms with Crippen molar-refractivity contribution >= 4 is 32.7 Å². The van der Waals surface area contributed by atoms with E-state index in [-0.39, 0.29) is 21.1 Å². The Hall–Kier alpha value is -4.21. The maximum Gasteiger partial charge on any atom is 2.00 e. The first-order valence-electron chi connectivity index (χ1n) is 11.4. The van der Waals surface area contributed by atoms with E-state index in [1.165, 1.54) is 0 Å². The van der Waals surface area contributed by atoms with Crippen LogP contribution in [-0.2, 0) is 21.1 Å². The van der Waals surface area contributed by atoms with Crippen molar-refractivity contribution in [3.05, 3.63) is 122 Å². The molecule has 5 nitrogen and oxygen atoms in total. The standard InChI is InChI=1S/C30H18N4O.Pt/c1-3-12-27-21(8-1)20-32-34(27)22-9-7-10-23(18-22)35-24-15-16-26-25-11-2-4-13-28(25)33(29(26)19-24)30-14-5-6-17-31-30;/h1-17,20H;/q-2;+2. The first-order valence-corrected chi connectivity index (χ1v) is 11.4. The number of benzene rings is 4. The second-order valence-electron chi connectivity index (χ2n) is 8.24. The Kier molecular flexibility index (Phi) is 5.63. The average molecular weight is 646 g/mol. The van der Waals surface area contributed by atoms with Crippen molar-refractivity contribution in [3.8, 4) is 23.0 Å². The van der Waals surface area contributed by atoms with Gasteiger partial charge in [0.25, 0.3) is 0 Å². The van der Waals surface area contributed by atoms with Crippen molar-refractivity contribution in [1.82, 2.24) is 19.3 Å². The van der Waals surface area contributed by atoms with E-state index in [0.717, 1.165) is 44.2 Å². The van der Waals surface area contributed by atoms with Gasteiger partial charge in [-0.3, -0.25) is 4.68 Å². The van der Waals surface area contributed by atoms with E-state index >= 15 is 0 Å². The molecule has 0 spiro atoms. The van der Waals surface area contributed by atoms with Crippen LogP contribution in [0.1, 0.15) is 0 Å². The topological polar surface area (TPSA) is 44.9 Å². The third-order valence-corrected chi connectivity index (χ3v) is 6.11. The molecule has 36 heavy (non-hydrogen) atoms. The smallest absolute Gasteiger partial charge is 0.509 e. The molecular formula is C30H18N4OPt. The minimum atomic E-state index is 0. The number of aromatic nitrogens is 4. The van der Waals surface area contributed by atoms with Crippen LogP contribution in [0, 0.1) is 12.1 Å². The van der Waals surface area contributed by atoms with Crippen LogP contribution in [0.3, 0.4) is 0 Å². The normalized spacial score (nSPS) is 11.1. The third kappa shape index (κ3) is 3.69. The molecule has 0 amide bonds. The Morgan fingerprint density at radius 3 is 2.36 bits per heavy atom. The molecule has 0 radical (unpaired) electrons. The minimum absolute atomic E-state index is 0. The molecule has 0 atom stereocenters. The van der Waals surface area contributed by atoms with Crippen LogP contribution in [0.2, 0.25) is 0 Å². The Bertz CT molecular complexity index is 1840. The minimum Gasteiger partial charge on any atom is -0.509 e. The zero-order valence-electron chi connectivity index (χ0n) is 18.9. The van der Waals surface area contributed by atoms with Gasteiger partial charge in [-0.05, 0) is 35.3 Å². The van der Waals surface area contributed by atoms with E-state index in [0.29, 0.717) is 11.5 Å². The summed E-state index contributed by atoms with van der Waals surface area (Å²) in [5.41, 5.74) is 3.83. The van der Waals surface area contributed by atoms with Crippen molar-refractivity contribution in [3.63, 3.8) is 0 Å². The molecule has 0 bridgehead atoms. The van der Waals surface area contributed by atoms with Crippen LogP contribution in [0.15, 0.2) is 109 Å². The Morgan fingerprint density at radius 2 is 1.47 bits per heavy atom. The predicted octanol–water partition coefficient (Wildman–Crippen LogP) is 6.91. The van der Waals surface area contributed by atoms with Gasteiger partial charge in [0.15, 0.2) is 0 Å². The van der Waals surface area contributed by atoms with Crippen molar-refractivity contribution in [2.24, 2.45) is 0 Å². The van der Waals surface area contributed by atoms with E-state index in [4.69, 9.17) is 4.74 Å². The number of fused-ring (bicyclic) bond motifs is 4. The fraction of sp³-hybridized carbons (Fsp3) is 0. The largest absolute Gasteiger partial charge is 2.00 e. The molecule has 0 saturated heterocycles. The van der Waals surface area contributed by atoms with E-state index in [2.05, 4.69) is 45.0 Å². The number of hydrogen-bond acceptors (Lipinski definition) is 3. The molecule has 0 unspecified atom stereocenters. The Balaban J connectivity index is 0.00000240. The molecular weight excluding hydrogens is 627 g/mol. The van der Waals surface area contributed by atoms with Crippen molar-refractivity contribution in [1.29, 1.82) is 0 Å². The number of nitrogens with zero attached hydrogens (tertiary/aromatic N) is 4. The van der Waals surface area contributed by atoms with Crippen LogP contribution in [0.5, 0.6) is 11.5 Å². The van der Waals surface area contributed by atoms with E-state index in [1.54, 1.807) is 6.20 Å². The predicted molar refractivity (Wildman–Crippen MR) is 137 cm³/mol. The van der Waals surface area contributed by atoms with Crippen molar-refractivity contribution in [2.75, 3.05) is 0 Å². The number of pyridine rings is 1. The monoisotopic (exact) mass is 645 g/mol. The molecule has 3 heterocycles. The second kappa shape index (κ2) is 9.10. The van der Waals surface area contributed by atoms with Crippen LogP contribution in [-0.4, -0.2) is 19.3 Å². The van der Waals surface area contributed by atoms with Gasteiger partial charge >= 0.3 is 21.1 Å². The number of rotatable bonds is 4. The maximum absolute atomic E-state index is 6.24. The van der Waals surface area contributed by atoms with Gasteiger partial charge in [0.1, 0.15) is 5.82 Å². The summed E-state index contributed by atoms with van der Waals surface area (Å²) in [4.78, 5) is 4.59. The third-order valence-electron chi connectivity index (χ3n) is 6.11. The quantitative estimate of drug-likeness (QED) is 0.196. The number of para-hydroxylation sites is 2. The summed E-state index contributed by atoms with van der Waals surface area (Å²) in [6, 6.07) is 39.0. The van der Waals surface area contributed by atoms with Gasteiger partial charge in [0, 0.05) is 28.6 Å². The van der Waals surface area contributed by atoms with E-state index < -0.39 is 0 Å². The molecule has 174 valence electrons. The number of hydrogen-bond donors (Lipinski definition) is 0. The Morgan fingerprint density at radius 1 is 0.667 bits per heavy atom. The van der Waals surface area contributed by atoms with Gasteiger partial charge in [-0.25, -0.2) is 4.98 Å². The van der Waals surface area contributed by atoms with E-state index in [1.807, 2.05) is 89.7 Å². The SMILES string of the molecule is [Pt+2].[c-]1c(Oc2[c-]c3c(cc2)c2ccccc2n3-c2ccccn2)cccc1-n1ncc2ccccc21. The van der Waals surface area contributed by atoms with Crippen LogP contribution < -0.4 is 4.74 Å². The van der Waals surface area contributed by atoms with Gasteiger partial charge in [0.05, 0.1) is 11.7 Å². The first-order chi connectivity index (χ1) is 17.3. The molecule has 0 aliphatic heterocycles. The molecule has 0 fully saturated rings. The summed E-state index contributed by atoms with van der Waals surface area (Å²) >= 11 is 0. The van der Waals surface area contributed by atoms with Crippen LogP contribution >= 0.6 is 0 Å². The molecule has 7 rings (SSSR count). The van der Waals surface area contributed by atoms with E-state index in [9.17, 15) is 0 Å². The fourth-order valence-corrected chi connectivity index (χ4v) is 4.56. The molecule has 0 N–H and O–H groups in total. The molecule has 0 aliphatic rings. The van der Waals surface area contributed by atoms with Gasteiger partial charge < -0.3 is 9.30 Å². The van der Waals surface area contributed by atoms with Crippen LogP contribution in [0.25, 0.3) is 44.2 Å². The molecule has 3 aromatic heterocycles. The summed E-state index contributed by atoms with van der Waals surface area (Å²) in [6.45, 7) is 0. The van der Waals surface area contributed by atoms with Gasteiger partial charge in [-0.1, -0.05) is 48.0 Å².